The SMILES string of the molecule is COc1ccc(CC(=O)N(Cc2cc(-c3ccccc3OC)on2)Cc2ccco2)cc1. The molecule has 0 saturated carbocycles. The Bertz CT molecular complexity index is 1150. The second-order valence-corrected chi connectivity index (χ2v) is 7.24. The number of rotatable bonds is 9. The summed E-state index contributed by atoms with van der Waals surface area (Å²) in [5.41, 5.74) is 2.34. The molecule has 0 aliphatic carbocycles. The van der Waals surface area contributed by atoms with Crippen molar-refractivity contribution in [3.8, 4) is 22.8 Å². The van der Waals surface area contributed by atoms with Gasteiger partial charge in [-0.1, -0.05) is 29.4 Å². The summed E-state index contributed by atoms with van der Waals surface area (Å²) < 4.78 is 21.6. The van der Waals surface area contributed by atoms with E-state index < -0.39 is 0 Å². The first-order chi connectivity index (χ1) is 15.7. The summed E-state index contributed by atoms with van der Waals surface area (Å²) in [6, 6.07) is 20.5. The minimum Gasteiger partial charge on any atom is -0.497 e. The van der Waals surface area contributed by atoms with Gasteiger partial charge in [-0.3, -0.25) is 4.79 Å². The molecule has 0 fully saturated rings. The molecule has 7 heteroatoms. The number of hydrogen-bond acceptors (Lipinski definition) is 6. The average molecular weight is 432 g/mol. The molecule has 4 rings (SSSR count). The van der Waals surface area contributed by atoms with Crippen molar-refractivity contribution in [3.05, 3.63) is 90.0 Å². The van der Waals surface area contributed by atoms with Crippen molar-refractivity contribution in [3.63, 3.8) is 0 Å². The Labute approximate surface area is 186 Å². The lowest BCUT2D eigenvalue weighted by atomic mass is 10.1. The highest BCUT2D eigenvalue weighted by Crippen LogP contribution is 2.30. The van der Waals surface area contributed by atoms with Crippen molar-refractivity contribution in [2.45, 2.75) is 19.5 Å². The number of amides is 1. The van der Waals surface area contributed by atoms with Gasteiger partial charge in [0.15, 0.2) is 5.76 Å². The Balaban J connectivity index is 1.53. The van der Waals surface area contributed by atoms with Crippen molar-refractivity contribution in [2.75, 3.05) is 14.2 Å². The first-order valence-corrected chi connectivity index (χ1v) is 10.2. The van der Waals surface area contributed by atoms with Gasteiger partial charge < -0.3 is 23.3 Å². The lowest BCUT2D eigenvalue weighted by molar-refractivity contribution is -0.132. The lowest BCUT2D eigenvalue weighted by Gasteiger charge is -2.20. The van der Waals surface area contributed by atoms with Gasteiger partial charge in [-0.05, 0) is 42.0 Å². The van der Waals surface area contributed by atoms with Gasteiger partial charge in [0.05, 0.1) is 45.6 Å². The van der Waals surface area contributed by atoms with Crippen molar-refractivity contribution in [1.29, 1.82) is 0 Å². The van der Waals surface area contributed by atoms with Crippen LogP contribution in [-0.2, 0) is 24.3 Å². The Hall–Kier alpha value is -4.00. The fraction of sp³-hybridized carbons (Fsp3) is 0.200. The predicted octanol–water partition coefficient (Wildman–Crippen LogP) is 4.72. The van der Waals surface area contributed by atoms with E-state index >= 15 is 0 Å². The van der Waals surface area contributed by atoms with Crippen LogP contribution in [0.1, 0.15) is 17.0 Å². The number of para-hydroxylation sites is 1. The predicted molar refractivity (Wildman–Crippen MR) is 118 cm³/mol. The zero-order valence-corrected chi connectivity index (χ0v) is 18.0. The summed E-state index contributed by atoms with van der Waals surface area (Å²) in [7, 11) is 3.22. The van der Waals surface area contributed by atoms with Gasteiger partial charge in [0, 0.05) is 6.07 Å². The molecule has 0 aliphatic heterocycles. The summed E-state index contributed by atoms with van der Waals surface area (Å²) in [5, 5.41) is 4.18. The molecule has 2 aromatic heterocycles. The standard InChI is InChI=1S/C25H24N2O5/c1-29-20-11-9-18(10-12-20)14-25(28)27(17-21-6-5-13-31-21)16-19-15-24(32-26-19)22-7-3-4-8-23(22)30-2/h3-13,15H,14,16-17H2,1-2H3. The van der Waals surface area contributed by atoms with E-state index in [-0.39, 0.29) is 18.9 Å². The van der Waals surface area contributed by atoms with E-state index in [1.807, 2.05) is 60.7 Å². The zero-order chi connectivity index (χ0) is 22.3. The van der Waals surface area contributed by atoms with Crippen LogP contribution in [0.4, 0.5) is 0 Å². The van der Waals surface area contributed by atoms with Gasteiger partial charge in [-0.2, -0.15) is 0 Å². The molecule has 7 nitrogen and oxygen atoms in total. The van der Waals surface area contributed by atoms with Crippen LogP contribution in [0.5, 0.6) is 11.5 Å². The number of methoxy groups -OCH3 is 2. The maximum absolute atomic E-state index is 13.1. The van der Waals surface area contributed by atoms with Crippen LogP contribution < -0.4 is 9.47 Å². The van der Waals surface area contributed by atoms with Crippen LogP contribution in [0.3, 0.4) is 0 Å². The molecule has 1 amide bonds. The first-order valence-electron chi connectivity index (χ1n) is 10.2. The molecule has 2 aromatic carbocycles. The number of ether oxygens (including phenoxy) is 2. The second kappa shape index (κ2) is 9.87. The molecular weight excluding hydrogens is 408 g/mol. The normalized spacial score (nSPS) is 10.7. The van der Waals surface area contributed by atoms with Crippen LogP contribution in [-0.4, -0.2) is 30.2 Å². The van der Waals surface area contributed by atoms with Crippen molar-refractivity contribution in [1.82, 2.24) is 10.1 Å². The van der Waals surface area contributed by atoms with E-state index in [4.69, 9.17) is 18.4 Å². The molecule has 2 heterocycles. The third-order valence-corrected chi connectivity index (χ3v) is 5.08. The molecule has 0 spiro atoms. The summed E-state index contributed by atoms with van der Waals surface area (Å²) in [6.45, 7) is 0.618. The molecule has 4 aromatic rings. The molecule has 0 radical (unpaired) electrons. The number of nitrogens with zero attached hydrogens (tertiary/aromatic N) is 2. The fourth-order valence-corrected chi connectivity index (χ4v) is 3.41. The number of furan rings is 1. The summed E-state index contributed by atoms with van der Waals surface area (Å²) >= 11 is 0. The van der Waals surface area contributed by atoms with Gasteiger partial charge >= 0.3 is 0 Å². The van der Waals surface area contributed by atoms with Crippen LogP contribution in [0, 0.1) is 0 Å². The molecule has 0 N–H and O–H groups in total. The number of aromatic nitrogens is 1. The molecule has 32 heavy (non-hydrogen) atoms. The van der Waals surface area contributed by atoms with E-state index in [2.05, 4.69) is 5.16 Å². The fourth-order valence-electron chi connectivity index (χ4n) is 3.41. The molecule has 0 atom stereocenters. The van der Waals surface area contributed by atoms with E-state index in [1.165, 1.54) is 0 Å². The summed E-state index contributed by atoms with van der Waals surface area (Å²) in [5.74, 6) is 2.67. The highest BCUT2D eigenvalue weighted by Gasteiger charge is 2.19. The summed E-state index contributed by atoms with van der Waals surface area (Å²) in [6.07, 6.45) is 1.85. The van der Waals surface area contributed by atoms with Crippen molar-refractivity contribution >= 4 is 5.91 Å². The first kappa shape index (κ1) is 21.2. The minimum absolute atomic E-state index is 0.0478. The third-order valence-electron chi connectivity index (χ3n) is 5.08. The molecule has 0 aliphatic rings. The molecule has 0 unspecified atom stereocenters. The smallest absolute Gasteiger partial charge is 0.227 e. The minimum atomic E-state index is -0.0478. The number of hydrogen-bond donors (Lipinski definition) is 0. The topological polar surface area (TPSA) is 77.9 Å². The Kier molecular flexibility index (Phi) is 6.55. The number of carbonyl (C=O) groups is 1. The van der Waals surface area contributed by atoms with Crippen LogP contribution >= 0.6 is 0 Å². The molecule has 0 saturated heterocycles. The Morgan fingerprint density at radius 1 is 0.969 bits per heavy atom. The maximum atomic E-state index is 13.1. The van der Waals surface area contributed by atoms with Crippen LogP contribution in [0.2, 0.25) is 0 Å². The highest BCUT2D eigenvalue weighted by atomic mass is 16.5. The van der Waals surface area contributed by atoms with Crippen LogP contribution in [0.15, 0.2) is 81.9 Å². The average Bonchev–Trinajstić information content (AvgIpc) is 3.51. The second-order valence-electron chi connectivity index (χ2n) is 7.24. The maximum Gasteiger partial charge on any atom is 0.227 e. The van der Waals surface area contributed by atoms with Gasteiger partial charge in [-0.25, -0.2) is 0 Å². The lowest BCUT2D eigenvalue weighted by Crippen LogP contribution is -2.31. The van der Waals surface area contributed by atoms with Crippen molar-refractivity contribution in [2.24, 2.45) is 0 Å². The van der Waals surface area contributed by atoms with Gasteiger partial charge in [-0.15, -0.1) is 0 Å². The molecular formula is C25H24N2O5. The highest BCUT2D eigenvalue weighted by molar-refractivity contribution is 5.78. The largest absolute Gasteiger partial charge is 0.497 e. The van der Waals surface area contributed by atoms with E-state index in [1.54, 1.807) is 31.4 Å². The van der Waals surface area contributed by atoms with E-state index in [0.717, 1.165) is 16.9 Å². The van der Waals surface area contributed by atoms with Crippen molar-refractivity contribution < 1.29 is 23.2 Å². The van der Waals surface area contributed by atoms with E-state index in [0.29, 0.717) is 29.5 Å². The Morgan fingerprint density at radius 3 is 2.50 bits per heavy atom. The van der Waals surface area contributed by atoms with Gasteiger partial charge in [0.25, 0.3) is 0 Å². The molecule has 164 valence electrons. The molecule has 0 bridgehead atoms. The Morgan fingerprint density at radius 2 is 1.78 bits per heavy atom. The number of benzene rings is 2. The summed E-state index contributed by atoms with van der Waals surface area (Å²) in [4.78, 5) is 14.9. The monoisotopic (exact) mass is 432 g/mol. The third kappa shape index (κ3) is 5.00. The van der Waals surface area contributed by atoms with Gasteiger partial charge in [0.2, 0.25) is 5.91 Å². The zero-order valence-electron chi connectivity index (χ0n) is 18.0. The van der Waals surface area contributed by atoms with Gasteiger partial charge in [0.1, 0.15) is 23.0 Å². The quantitative estimate of drug-likeness (QED) is 0.381. The van der Waals surface area contributed by atoms with Crippen LogP contribution in [0.25, 0.3) is 11.3 Å². The van der Waals surface area contributed by atoms with E-state index in [9.17, 15) is 4.79 Å². The number of carbonyl (C=O) groups excluding carboxylic acids is 1.